The van der Waals surface area contributed by atoms with E-state index >= 15 is 0 Å². The first-order chi connectivity index (χ1) is 8.69. The molecule has 0 aliphatic carbocycles. The molecule has 0 aromatic heterocycles. The molecule has 19 heavy (non-hydrogen) atoms. The molecule has 0 bridgehead atoms. The summed E-state index contributed by atoms with van der Waals surface area (Å²) in [5.74, 6) is 0.0151. The summed E-state index contributed by atoms with van der Waals surface area (Å²) in [5.41, 5.74) is 0.674. The average molecular weight is 285 g/mol. The van der Waals surface area contributed by atoms with Crippen molar-refractivity contribution in [1.82, 2.24) is 10.6 Å². The minimum absolute atomic E-state index is 0.0441. The second-order valence-corrected chi connectivity index (χ2v) is 6.03. The highest BCUT2D eigenvalue weighted by atomic mass is 35.5. The van der Waals surface area contributed by atoms with Crippen LogP contribution in [0.1, 0.15) is 33.3 Å². The van der Waals surface area contributed by atoms with Crippen LogP contribution in [0.2, 0.25) is 5.02 Å². The predicted octanol–water partition coefficient (Wildman–Crippen LogP) is 2.44. The molecule has 0 radical (unpaired) electrons. The SMILES string of the molecule is CC(NCc1ccc(O)c(Cl)c1)C(=O)NC(C)(C)C. The van der Waals surface area contributed by atoms with Crippen LogP contribution in [-0.4, -0.2) is 22.6 Å². The third-order valence-electron chi connectivity index (χ3n) is 2.52. The summed E-state index contributed by atoms with van der Waals surface area (Å²) in [6, 6.07) is 4.69. The summed E-state index contributed by atoms with van der Waals surface area (Å²) in [6.45, 7) is 8.15. The Hall–Kier alpha value is -1.26. The molecule has 3 N–H and O–H groups in total. The first kappa shape index (κ1) is 15.8. The molecule has 0 heterocycles. The third kappa shape index (κ3) is 5.49. The van der Waals surface area contributed by atoms with Crippen LogP contribution >= 0.6 is 11.6 Å². The van der Waals surface area contributed by atoms with Crippen LogP contribution in [-0.2, 0) is 11.3 Å². The molecule has 106 valence electrons. The molecule has 0 spiro atoms. The van der Waals surface area contributed by atoms with Gasteiger partial charge in [0.1, 0.15) is 5.75 Å². The van der Waals surface area contributed by atoms with Gasteiger partial charge in [-0.1, -0.05) is 17.7 Å². The number of hydrogen-bond donors (Lipinski definition) is 3. The number of amides is 1. The van der Waals surface area contributed by atoms with Gasteiger partial charge >= 0.3 is 0 Å². The van der Waals surface area contributed by atoms with Crippen molar-refractivity contribution in [1.29, 1.82) is 0 Å². The highest BCUT2D eigenvalue weighted by Gasteiger charge is 2.18. The van der Waals surface area contributed by atoms with Crippen molar-refractivity contribution in [3.05, 3.63) is 28.8 Å². The monoisotopic (exact) mass is 284 g/mol. The normalized spacial score (nSPS) is 13.1. The van der Waals surface area contributed by atoms with Gasteiger partial charge in [0.05, 0.1) is 11.1 Å². The van der Waals surface area contributed by atoms with Gasteiger partial charge in [-0.25, -0.2) is 0 Å². The van der Waals surface area contributed by atoms with Gasteiger partial charge in [0.2, 0.25) is 5.91 Å². The van der Waals surface area contributed by atoms with Crippen LogP contribution in [0.25, 0.3) is 0 Å². The minimum Gasteiger partial charge on any atom is -0.506 e. The fourth-order valence-corrected chi connectivity index (χ4v) is 1.70. The van der Waals surface area contributed by atoms with Crippen LogP contribution in [0, 0.1) is 0 Å². The zero-order valence-electron chi connectivity index (χ0n) is 11.7. The fraction of sp³-hybridized carbons (Fsp3) is 0.500. The van der Waals surface area contributed by atoms with Gasteiger partial charge in [-0.3, -0.25) is 4.79 Å². The van der Waals surface area contributed by atoms with E-state index in [0.29, 0.717) is 11.6 Å². The lowest BCUT2D eigenvalue weighted by Gasteiger charge is -2.23. The molecular formula is C14H21ClN2O2. The Balaban J connectivity index is 2.52. The molecular weight excluding hydrogens is 264 g/mol. The smallest absolute Gasteiger partial charge is 0.237 e. The van der Waals surface area contributed by atoms with E-state index in [1.807, 2.05) is 27.7 Å². The lowest BCUT2D eigenvalue weighted by atomic mass is 10.1. The quantitative estimate of drug-likeness (QED) is 0.796. The maximum atomic E-state index is 11.9. The summed E-state index contributed by atoms with van der Waals surface area (Å²) in [4.78, 5) is 11.9. The number of phenols is 1. The molecule has 1 aromatic rings. The lowest BCUT2D eigenvalue weighted by molar-refractivity contribution is -0.124. The van der Waals surface area contributed by atoms with Gasteiger partial charge in [-0.05, 0) is 45.4 Å². The Kier molecular flexibility index (Phi) is 5.20. The van der Waals surface area contributed by atoms with Crippen molar-refractivity contribution in [3.8, 4) is 5.75 Å². The molecule has 4 nitrogen and oxygen atoms in total. The molecule has 1 unspecified atom stereocenters. The molecule has 0 aliphatic rings. The Morgan fingerprint density at radius 1 is 1.42 bits per heavy atom. The summed E-state index contributed by atoms with van der Waals surface area (Å²) in [7, 11) is 0. The number of benzene rings is 1. The average Bonchev–Trinajstić information content (AvgIpc) is 2.28. The second-order valence-electron chi connectivity index (χ2n) is 5.63. The lowest BCUT2D eigenvalue weighted by Crippen LogP contribution is -2.49. The molecule has 0 saturated carbocycles. The first-order valence-corrected chi connectivity index (χ1v) is 6.59. The van der Waals surface area contributed by atoms with E-state index in [2.05, 4.69) is 10.6 Å². The second kappa shape index (κ2) is 6.26. The number of aromatic hydroxyl groups is 1. The summed E-state index contributed by atoms with van der Waals surface area (Å²) < 4.78 is 0. The highest BCUT2D eigenvalue weighted by Crippen LogP contribution is 2.23. The number of carbonyl (C=O) groups is 1. The zero-order valence-corrected chi connectivity index (χ0v) is 12.5. The van der Waals surface area contributed by atoms with Crippen molar-refractivity contribution >= 4 is 17.5 Å². The molecule has 0 saturated heterocycles. The van der Waals surface area contributed by atoms with E-state index in [1.54, 1.807) is 18.2 Å². The van der Waals surface area contributed by atoms with E-state index in [0.717, 1.165) is 5.56 Å². The molecule has 5 heteroatoms. The van der Waals surface area contributed by atoms with E-state index in [9.17, 15) is 9.90 Å². The Morgan fingerprint density at radius 2 is 2.05 bits per heavy atom. The van der Waals surface area contributed by atoms with Gasteiger partial charge in [-0.15, -0.1) is 0 Å². The zero-order chi connectivity index (χ0) is 14.6. The topological polar surface area (TPSA) is 61.4 Å². The van der Waals surface area contributed by atoms with Crippen LogP contribution < -0.4 is 10.6 Å². The van der Waals surface area contributed by atoms with Crippen molar-refractivity contribution in [2.24, 2.45) is 0 Å². The van der Waals surface area contributed by atoms with Gasteiger partial charge in [0.25, 0.3) is 0 Å². The molecule has 1 atom stereocenters. The van der Waals surface area contributed by atoms with E-state index in [1.165, 1.54) is 0 Å². The van der Waals surface area contributed by atoms with Crippen LogP contribution in [0.5, 0.6) is 5.75 Å². The first-order valence-electron chi connectivity index (χ1n) is 6.22. The predicted molar refractivity (Wildman–Crippen MR) is 77.3 cm³/mol. The number of carbonyl (C=O) groups excluding carboxylic acids is 1. The Labute approximate surface area is 119 Å². The van der Waals surface area contributed by atoms with Gasteiger partial charge in [0, 0.05) is 12.1 Å². The van der Waals surface area contributed by atoms with E-state index in [-0.39, 0.29) is 23.2 Å². The van der Waals surface area contributed by atoms with E-state index < -0.39 is 0 Å². The highest BCUT2D eigenvalue weighted by molar-refractivity contribution is 6.32. The summed E-state index contributed by atoms with van der Waals surface area (Å²) >= 11 is 5.82. The molecule has 1 amide bonds. The van der Waals surface area contributed by atoms with E-state index in [4.69, 9.17) is 11.6 Å². The fourth-order valence-electron chi connectivity index (χ4n) is 1.50. The summed E-state index contributed by atoms with van der Waals surface area (Å²) in [6.07, 6.45) is 0. The Bertz CT molecular complexity index is 455. The van der Waals surface area contributed by atoms with Gasteiger partial charge < -0.3 is 15.7 Å². The minimum atomic E-state index is -0.299. The number of halogens is 1. The molecule has 1 aromatic carbocycles. The van der Waals surface area contributed by atoms with Crippen molar-refractivity contribution in [2.45, 2.75) is 45.8 Å². The molecule has 0 aliphatic heterocycles. The van der Waals surface area contributed by atoms with Crippen LogP contribution in [0.15, 0.2) is 18.2 Å². The van der Waals surface area contributed by atoms with Gasteiger partial charge in [0.15, 0.2) is 0 Å². The largest absolute Gasteiger partial charge is 0.506 e. The number of phenolic OH excluding ortho intramolecular Hbond substituents is 1. The number of rotatable bonds is 4. The summed E-state index contributed by atoms with van der Waals surface area (Å²) in [5, 5.41) is 15.7. The number of hydrogen-bond acceptors (Lipinski definition) is 3. The van der Waals surface area contributed by atoms with Crippen molar-refractivity contribution < 1.29 is 9.90 Å². The van der Waals surface area contributed by atoms with Gasteiger partial charge in [-0.2, -0.15) is 0 Å². The van der Waals surface area contributed by atoms with Crippen LogP contribution in [0.3, 0.4) is 0 Å². The number of nitrogens with one attached hydrogen (secondary N) is 2. The molecule has 1 rings (SSSR count). The van der Waals surface area contributed by atoms with Crippen molar-refractivity contribution in [2.75, 3.05) is 0 Å². The molecule has 0 fully saturated rings. The third-order valence-corrected chi connectivity index (χ3v) is 2.82. The van der Waals surface area contributed by atoms with Crippen molar-refractivity contribution in [3.63, 3.8) is 0 Å². The maximum absolute atomic E-state index is 11.9. The Morgan fingerprint density at radius 3 is 2.58 bits per heavy atom. The maximum Gasteiger partial charge on any atom is 0.237 e. The standard InChI is InChI=1S/C14H21ClN2O2/c1-9(13(19)17-14(2,3)4)16-8-10-5-6-12(18)11(15)7-10/h5-7,9,16,18H,8H2,1-4H3,(H,17,19). The van der Waals surface area contributed by atoms with Crippen LogP contribution in [0.4, 0.5) is 0 Å².